The molecule has 14 heavy (non-hydrogen) atoms. The summed E-state index contributed by atoms with van der Waals surface area (Å²) < 4.78 is 0. The Morgan fingerprint density at radius 3 is 2.21 bits per heavy atom. The van der Waals surface area contributed by atoms with Crippen LogP contribution >= 0.6 is 0 Å². The van der Waals surface area contributed by atoms with Crippen LogP contribution in [0.1, 0.15) is 65.7 Å². The Morgan fingerprint density at radius 1 is 1.21 bits per heavy atom. The minimum absolute atomic E-state index is 0.440. The van der Waals surface area contributed by atoms with Crippen molar-refractivity contribution in [1.29, 1.82) is 0 Å². The van der Waals surface area contributed by atoms with Crippen LogP contribution in [0.25, 0.3) is 0 Å². The molecule has 1 aliphatic carbocycles. The van der Waals surface area contributed by atoms with Crippen molar-refractivity contribution >= 4 is 0 Å². The summed E-state index contributed by atoms with van der Waals surface area (Å²) in [6.45, 7) is 6.92. The van der Waals surface area contributed by atoms with Gasteiger partial charge >= 0.3 is 0 Å². The summed E-state index contributed by atoms with van der Waals surface area (Å²) in [5.74, 6) is 0.707. The number of hydrogen-bond donors (Lipinski definition) is 1. The van der Waals surface area contributed by atoms with E-state index in [0.29, 0.717) is 17.4 Å². The van der Waals surface area contributed by atoms with E-state index in [2.05, 4.69) is 20.8 Å². The molecule has 1 fully saturated rings. The van der Waals surface area contributed by atoms with Crippen LogP contribution in [0, 0.1) is 11.3 Å². The van der Waals surface area contributed by atoms with Gasteiger partial charge in [-0.3, -0.25) is 0 Å². The van der Waals surface area contributed by atoms with Crippen molar-refractivity contribution in [3.8, 4) is 0 Å². The summed E-state index contributed by atoms with van der Waals surface area (Å²) >= 11 is 0. The molecule has 1 nitrogen and oxygen atoms in total. The highest BCUT2D eigenvalue weighted by atomic mass is 14.7. The van der Waals surface area contributed by atoms with Crippen molar-refractivity contribution in [3.05, 3.63) is 0 Å². The van der Waals surface area contributed by atoms with Crippen molar-refractivity contribution in [3.63, 3.8) is 0 Å². The van der Waals surface area contributed by atoms with Gasteiger partial charge in [0.15, 0.2) is 0 Å². The van der Waals surface area contributed by atoms with Crippen LogP contribution in [0.15, 0.2) is 0 Å². The topological polar surface area (TPSA) is 26.0 Å². The Balaban J connectivity index is 2.59. The van der Waals surface area contributed by atoms with E-state index in [9.17, 15) is 0 Å². The smallest absolute Gasteiger partial charge is 0.0121 e. The van der Waals surface area contributed by atoms with E-state index in [-0.39, 0.29) is 0 Å². The monoisotopic (exact) mass is 197 g/mol. The average Bonchev–Trinajstić information content (AvgIpc) is 2.66. The molecule has 0 aliphatic heterocycles. The van der Waals surface area contributed by atoms with Crippen LogP contribution in [0.5, 0.6) is 0 Å². The van der Waals surface area contributed by atoms with Gasteiger partial charge in [-0.05, 0) is 37.0 Å². The molecule has 0 aromatic carbocycles. The van der Waals surface area contributed by atoms with Crippen LogP contribution in [0.3, 0.4) is 0 Å². The van der Waals surface area contributed by atoms with Crippen LogP contribution < -0.4 is 5.73 Å². The Labute approximate surface area is 89.5 Å². The van der Waals surface area contributed by atoms with E-state index in [1.54, 1.807) is 0 Å². The minimum atomic E-state index is 0.440. The molecule has 0 saturated heterocycles. The van der Waals surface area contributed by atoms with Crippen molar-refractivity contribution < 1.29 is 0 Å². The lowest BCUT2D eigenvalue weighted by Crippen LogP contribution is -2.44. The molecule has 0 radical (unpaired) electrons. The zero-order valence-corrected chi connectivity index (χ0v) is 10.2. The lowest BCUT2D eigenvalue weighted by Gasteiger charge is -2.38. The SMILES string of the molecule is CCCC(C)C(N)C1(CC)CCCC1. The maximum atomic E-state index is 6.45. The Hall–Kier alpha value is -0.0400. The fourth-order valence-corrected chi connectivity index (χ4v) is 3.24. The molecule has 0 amide bonds. The molecular formula is C13H27N. The van der Waals surface area contributed by atoms with E-state index in [0.717, 1.165) is 0 Å². The molecule has 1 heteroatoms. The van der Waals surface area contributed by atoms with Gasteiger partial charge in [0, 0.05) is 6.04 Å². The second-order valence-corrected chi connectivity index (χ2v) is 5.21. The van der Waals surface area contributed by atoms with Crippen LogP contribution in [0.2, 0.25) is 0 Å². The predicted molar refractivity (Wildman–Crippen MR) is 63.2 cm³/mol. The molecule has 0 heterocycles. The highest BCUT2D eigenvalue weighted by Crippen LogP contribution is 2.45. The minimum Gasteiger partial charge on any atom is -0.327 e. The van der Waals surface area contributed by atoms with Gasteiger partial charge in [-0.1, -0.05) is 40.0 Å². The lowest BCUT2D eigenvalue weighted by molar-refractivity contribution is 0.167. The lowest BCUT2D eigenvalue weighted by atomic mass is 9.71. The number of rotatable bonds is 5. The molecule has 1 aliphatic rings. The van der Waals surface area contributed by atoms with Crippen LogP contribution in [0.4, 0.5) is 0 Å². The van der Waals surface area contributed by atoms with E-state index in [4.69, 9.17) is 5.73 Å². The summed E-state index contributed by atoms with van der Waals surface area (Å²) in [4.78, 5) is 0. The first-order valence-electron chi connectivity index (χ1n) is 6.42. The molecule has 1 saturated carbocycles. The Morgan fingerprint density at radius 2 is 1.79 bits per heavy atom. The number of hydrogen-bond acceptors (Lipinski definition) is 1. The molecule has 84 valence electrons. The molecule has 1 rings (SSSR count). The molecule has 2 atom stereocenters. The third kappa shape index (κ3) is 2.31. The first kappa shape index (κ1) is 12.0. The van der Waals surface area contributed by atoms with E-state index in [1.165, 1.54) is 44.9 Å². The predicted octanol–water partition coefficient (Wildman–Crippen LogP) is 3.72. The second kappa shape index (κ2) is 5.16. The first-order chi connectivity index (χ1) is 6.66. The zero-order chi connectivity index (χ0) is 10.6. The van der Waals surface area contributed by atoms with Gasteiger partial charge in [-0.25, -0.2) is 0 Å². The summed E-state index contributed by atoms with van der Waals surface area (Å²) in [7, 11) is 0. The Kier molecular flexibility index (Phi) is 4.43. The van der Waals surface area contributed by atoms with E-state index in [1.807, 2.05) is 0 Å². The molecule has 0 spiro atoms. The van der Waals surface area contributed by atoms with Crippen LogP contribution in [-0.4, -0.2) is 6.04 Å². The van der Waals surface area contributed by atoms with Gasteiger partial charge < -0.3 is 5.73 Å². The van der Waals surface area contributed by atoms with Gasteiger partial charge in [0.05, 0.1) is 0 Å². The maximum absolute atomic E-state index is 6.45. The van der Waals surface area contributed by atoms with Gasteiger partial charge in [-0.2, -0.15) is 0 Å². The second-order valence-electron chi connectivity index (χ2n) is 5.21. The van der Waals surface area contributed by atoms with Crippen molar-refractivity contribution in [2.75, 3.05) is 0 Å². The van der Waals surface area contributed by atoms with Gasteiger partial charge in [0.25, 0.3) is 0 Å². The van der Waals surface area contributed by atoms with Gasteiger partial charge in [0.2, 0.25) is 0 Å². The average molecular weight is 197 g/mol. The molecular weight excluding hydrogens is 170 g/mol. The van der Waals surface area contributed by atoms with Crippen molar-refractivity contribution in [1.82, 2.24) is 0 Å². The number of nitrogens with two attached hydrogens (primary N) is 1. The van der Waals surface area contributed by atoms with Crippen molar-refractivity contribution in [2.45, 2.75) is 71.8 Å². The molecule has 0 aromatic heterocycles. The van der Waals surface area contributed by atoms with Crippen molar-refractivity contribution in [2.24, 2.45) is 17.1 Å². The third-order valence-electron chi connectivity index (χ3n) is 4.37. The highest BCUT2D eigenvalue weighted by Gasteiger charge is 2.39. The zero-order valence-electron chi connectivity index (χ0n) is 10.2. The van der Waals surface area contributed by atoms with Crippen LogP contribution in [-0.2, 0) is 0 Å². The normalized spacial score (nSPS) is 24.9. The molecule has 0 aromatic rings. The summed E-state index contributed by atoms with van der Waals surface area (Å²) in [5, 5.41) is 0. The molecule has 0 bridgehead atoms. The van der Waals surface area contributed by atoms with E-state index >= 15 is 0 Å². The maximum Gasteiger partial charge on any atom is 0.0121 e. The van der Waals surface area contributed by atoms with Gasteiger partial charge in [0.1, 0.15) is 0 Å². The summed E-state index contributed by atoms with van der Waals surface area (Å²) in [5.41, 5.74) is 6.95. The third-order valence-corrected chi connectivity index (χ3v) is 4.37. The highest BCUT2D eigenvalue weighted by molar-refractivity contribution is 4.94. The first-order valence-corrected chi connectivity index (χ1v) is 6.42. The molecule has 2 N–H and O–H groups in total. The standard InChI is InChI=1S/C13H27N/c1-4-8-11(3)12(14)13(5-2)9-6-7-10-13/h11-12H,4-10,14H2,1-3H3. The summed E-state index contributed by atoms with van der Waals surface area (Å²) in [6.07, 6.45) is 9.40. The quantitative estimate of drug-likeness (QED) is 0.714. The molecule has 2 unspecified atom stereocenters. The largest absolute Gasteiger partial charge is 0.327 e. The van der Waals surface area contributed by atoms with Gasteiger partial charge in [-0.15, -0.1) is 0 Å². The Bertz CT molecular complexity index is 159. The van der Waals surface area contributed by atoms with E-state index < -0.39 is 0 Å². The summed E-state index contributed by atoms with van der Waals surface area (Å²) in [6, 6.07) is 0.440. The fraction of sp³-hybridized carbons (Fsp3) is 1.00. The fourth-order valence-electron chi connectivity index (χ4n) is 3.24.